The van der Waals surface area contributed by atoms with Crippen molar-refractivity contribution in [2.75, 3.05) is 49.8 Å². The van der Waals surface area contributed by atoms with Crippen molar-refractivity contribution in [1.29, 1.82) is 0 Å². The Morgan fingerprint density at radius 3 is 2.85 bits per heavy atom. The molecule has 3 aliphatic rings. The molecule has 2 aliphatic heterocycles. The maximum absolute atomic E-state index is 14.7. The third-order valence-electron chi connectivity index (χ3n) is 5.60. The zero-order chi connectivity index (χ0) is 18.3. The van der Waals surface area contributed by atoms with Crippen LogP contribution in [0.4, 0.5) is 20.6 Å². The van der Waals surface area contributed by atoms with E-state index in [0.717, 1.165) is 19.7 Å². The topological polar surface area (TPSA) is 90.8 Å². The maximum Gasteiger partial charge on any atom is 0.414 e. The van der Waals surface area contributed by atoms with Crippen LogP contribution in [-0.4, -0.2) is 52.1 Å². The van der Waals surface area contributed by atoms with Crippen LogP contribution in [0.5, 0.6) is 0 Å². The summed E-state index contributed by atoms with van der Waals surface area (Å²) in [6.45, 7) is 2.65. The lowest BCUT2D eigenvalue weighted by molar-refractivity contribution is 0.176. The molecule has 9 heteroatoms. The molecule has 4 rings (SSSR count). The van der Waals surface area contributed by atoms with Crippen molar-refractivity contribution in [3.8, 4) is 0 Å². The van der Waals surface area contributed by atoms with Gasteiger partial charge in [-0.05, 0) is 41.5 Å². The van der Waals surface area contributed by atoms with E-state index >= 15 is 0 Å². The number of piperidine rings is 1. The predicted octanol–water partition coefficient (Wildman–Crippen LogP) is 2.79. The highest BCUT2D eigenvalue weighted by Crippen LogP contribution is 2.52. The molecule has 138 valence electrons. The van der Waals surface area contributed by atoms with Gasteiger partial charge >= 0.3 is 6.09 Å². The van der Waals surface area contributed by atoms with Crippen LogP contribution >= 0.6 is 0 Å². The molecule has 0 spiro atoms. The van der Waals surface area contributed by atoms with Crippen molar-refractivity contribution in [1.82, 2.24) is 0 Å². The van der Waals surface area contributed by atoms with E-state index in [0.29, 0.717) is 29.1 Å². The molecule has 0 bridgehead atoms. The van der Waals surface area contributed by atoms with E-state index in [1.165, 1.54) is 11.0 Å². The Morgan fingerprint density at radius 2 is 2.19 bits per heavy atom. The summed E-state index contributed by atoms with van der Waals surface area (Å²) in [7, 11) is 1.71. The average Bonchev–Trinajstić information content (AvgIpc) is 2.98. The van der Waals surface area contributed by atoms with E-state index in [4.69, 9.17) is 15.0 Å². The Morgan fingerprint density at radius 1 is 1.42 bits per heavy atom. The van der Waals surface area contributed by atoms with E-state index in [2.05, 4.69) is 14.9 Å². The second-order valence-corrected chi connectivity index (χ2v) is 7.00. The molecular weight excluding hydrogens is 341 g/mol. The molecule has 4 atom stereocenters. The Bertz CT molecular complexity index is 757. The zero-order valence-corrected chi connectivity index (χ0v) is 14.4. The van der Waals surface area contributed by atoms with Crippen molar-refractivity contribution < 1.29 is 18.7 Å². The molecule has 1 amide bonds. The van der Waals surface area contributed by atoms with Crippen LogP contribution in [0.3, 0.4) is 0 Å². The summed E-state index contributed by atoms with van der Waals surface area (Å²) >= 11 is 0. The van der Waals surface area contributed by atoms with E-state index in [1.54, 1.807) is 19.2 Å². The van der Waals surface area contributed by atoms with Gasteiger partial charge in [-0.15, -0.1) is 0 Å². The first kappa shape index (κ1) is 16.9. The van der Waals surface area contributed by atoms with E-state index in [9.17, 15) is 9.18 Å². The summed E-state index contributed by atoms with van der Waals surface area (Å²) in [6, 6.07) is 4.35. The van der Waals surface area contributed by atoms with Crippen LogP contribution in [0.15, 0.2) is 23.3 Å². The van der Waals surface area contributed by atoms with Crippen LogP contribution < -0.4 is 9.80 Å². The third-order valence-corrected chi connectivity index (χ3v) is 5.60. The number of hydrogen-bond donors (Lipinski definition) is 0. The van der Waals surface area contributed by atoms with Gasteiger partial charge in [0.25, 0.3) is 0 Å². The predicted molar refractivity (Wildman–Crippen MR) is 92.6 cm³/mol. The van der Waals surface area contributed by atoms with Gasteiger partial charge < -0.3 is 14.4 Å². The third kappa shape index (κ3) is 2.83. The average molecular weight is 361 g/mol. The van der Waals surface area contributed by atoms with Gasteiger partial charge in [0, 0.05) is 31.7 Å². The molecule has 0 N–H and O–H groups in total. The number of ether oxygens (including phenoxy) is 2. The highest BCUT2D eigenvalue weighted by atomic mass is 19.1. The summed E-state index contributed by atoms with van der Waals surface area (Å²) in [5, 5.41) is 3.50. The summed E-state index contributed by atoms with van der Waals surface area (Å²) in [5.74, 6) is 1.39. The van der Waals surface area contributed by atoms with Gasteiger partial charge in [-0.3, -0.25) is 4.90 Å². The molecule has 1 unspecified atom stereocenters. The van der Waals surface area contributed by atoms with Crippen molar-refractivity contribution >= 4 is 17.5 Å². The number of hydrogen-bond acceptors (Lipinski definition) is 5. The number of fused-ring (bicyclic) bond motifs is 1. The van der Waals surface area contributed by atoms with Crippen LogP contribution in [0, 0.1) is 23.6 Å². The van der Waals surface area contributed by atoms with Crippen LogP contribution in [0.25, 0.3) is 10.4 Å². The number of methoxy groups -OCH3 is 1. The molecule has 26 heavy (non-hydrogen) atoms. The van der Waals surface area contributed by atoms with Gasteiger partial charge in [-0.25, -0.2) is 9.18 Å². The second kappa shape index (κ2) is 6.66. The van der Waals surface area contributed by atoms with Gasteiger partial charge in [-0.2, -0.15) is 0 Å². The number of halogens is 1. The fourth-order valence-electron chi connectivity index (χ4n) is 4.23. The van der Waals surface area contributed by atoms with Gasteiger partial charge in [0.1, 0.15) is 12.4 Å². The molecule has 1 aromatic rings. The van der Waals surface area contributed by atoms with Gasteiger partial charge in [0.05, 0.1) is 24.0 Å². The number of amides is 1. The normalized spacial score (nSPS) is 29.4. The standard InChI is InChI=1S/C17H20FN5O3/c1-25-9-14-12-6-22(7-13(12)14)16-3-2-10(4-15(16)18)23-11(5-20-21-19)8-26-17(23)24/h2-4,11-14H,5-9H2,1H3/t11-,12-,13+,14?/m1/s1. The largest absolute Gasteiger partial charge is 0.447 e. The first-order valence-corrected chi connectivity index (χ1v) is 8.64. The fraction of sp³-hybridized carbons (Fsp3) is 0.588. The highest BCUT2D eigenvalue weighted by molar-refractivity contribution is 5.90. The minimum Gasteiger partial charge on any atom is -0.447 e. The minimum atomic E-state index is -0.555. The Hall–Kier alpha value is -2.51. The van der Waals surface area contributed by atoms with E-state index in [1.807, 2.05) is 0 Å². The first-order chi connectivity index (χ1) is 12.6. The highest BCUT2D eigenvalue weighted by Gasteiger charge is 2.55. The molecule has 0 aromatic heterocycles. The Labute approximate surface area is 150 Å². The quantitative estimate of drug-likeness (QED) is 0.442. The van der Waals surface area contributed by atoms with Crippen molar-refractivity contribution in [2.24, 2.45) is 22.9 Å². The lowest BCUT2D eigenvalue weighted by Gasteiger charge is -2.25. The molecule has 1 saturated carbocycles. The lowest BCUT2D eigenvalue weighted by atomic mass is 10.2. The van der Waals surface area contributed by atoms with Crippen LogP contribution in [0.2, 0.25) is 0 Å². The van der Waals surface area contributed by atoms with Crippen molar-refractivity contribution in [3.05, 3.63) is 34.5 Å². The number of cyclic esters (lactones) is 1. The summed E-state index contributed by atoms with van der Waals surface area (Å²) in [4.78, 5) is 18.1. The molecular formula is C17H20FN5O3. The second-order valence-electron chi connectivity index (χ2n) is 7.00. The van der Waals surface area contributed by atoms with E-state index < -0.39 is 12.1 Å². The monoisotopic (exact) mass is 361 g/mol. The number of carbonyl (C=O) groups is 1. The summed E-state index contributed by atoms with van der Waals surface area (Å²) in [5.41, 5.74) is 9.43. The molecule has 3 fully saturated rings. The van der Waals surface area contributed by atoms with Crippen LogP contribution in [-0.2, 0) is 9.47 Å². The molecule has 1 aromatic carbocycles. The van der Waals surface area contributed by atoms with E-state index in [-0.39, 0.29) is 19.0 Å². The molecule has 1 aliphatic carbocycles. The number of azide groups is 1. The van der Waals surface area contributed by atoms with Crippen molar-refractivity contribution in [3.63, 3.8) is 0 Å². The Balaban J connectivity index is 1.48. The smallest absolute Gasteiger partial charge is 0.414 e. The molecule has 2 saturated heterocycles. The zero-order valence-electron chi connectivity index (χ0n) is 14.4. The SMILES string of the molecule is COCC1[C@H]2CN(c3ccc(N4C(=O)OC[C@H]4CN=[N+]=[N-])cc3F)C[C@@H]12. The van der Waals surface area contributed by atoms with Gasteiger partial charge in [0.15, 0.2) is 0 Å². The number of rotatable bonds is 6. The first-order valence-electron chi connectivity index (χ1n) is 8.64. The number of nitrogens with zero attached hydrogens (tertiary/aromatic N) is 5. The lowest BCUT2D eigenvalue weighted by Crippen LogP contribution is -2.35. The van der Waals surface area contributed by atoms with Crippen LogP contribution in [0.1, 0.15) is 0 Å². The number of carbonyl (C=O) groups excluding carboxylic acids is 1. The summed E-state index contributed by atoms with van der Waals surface area (Å²) < 4.78 is 25.0. The number of benzene rings is 1. The molecule has 0 radical (unpaired) electrons. The molecule has 8 nitrogen and oxygen atoms in total. The van der Waals surface area contributed by atoms with Crippen molar-refractivity contribution in [2.45, 2.75) is 6.04 Å². The number of anilines is 2. The van der Waals surface area contributed by atoms with Gasteiger partial charge in [0.2, 0.25) is 0 Å². The summed E-state index contributed by atoms with van der Waals surface area (Å²) in [6.07, 6.45) is -0.555. The fourth-order valence-corrected chi connectivity index (χ4v) is 4.23. The molecule has 2 heterocycles. The Kier molecular flexibility index (Phi) is 4.34. The van der Waals surface area contributed by atoms with Gasteiger partial charge in [-0.1, -0.05) is 5.11 Å². The minimum absolute atomic E-state index is 0.0853. The maximum atomic E-state index is 14.7.